The lowest BCUT2D eigenvalue weighted by Crippen LogP contribution is -2.57. The van der Waals surface area contributed by atoms with Gasteiger partial charge in [0, 0.05) is 12.8 Å². The van der Waals surface area contributed by atoms with Crippen molar-refractivity contribution in [2.75, 3.05) is 0 Å². The second kappa shape index (κ2) is 13.5. The lowest BCUT2D eigenvalue weighted by atomic mass is 10.1. The van der Waals surface area contributed by atoms with Crippen LogP contribution < -0.4 is 27.4 Å². The predicted molar refractivity (Wildman–Crippen MR) is 105 cm³/mol. The molecule has 0 aliphatic carbocycles. The molecule has 0 aliphatic rings. The van der Waals surface area contributed by atoms with Crippen molar-refractivity contribution in [3.8, 4) is 0 Å². The van der Waals surface area contributed by atoms with Gasteiger partial charge < -0.3 is 42.7 Å². The standard InChI is InChI=1S/C17H27N5O10/c1-7(17(31)32)20-15(29)9(3-5-12(24)25)21-16(30)10(6-13(26)27)22-14(28)8(18)2-4-11(19)23/h7-10H,2-6,18H2,1H3,(H2,19,23)(H,20,29)(H,21,30)(H,22,28)(H,24,25)(H,26,27)(H,31,32). The average molecular weight is 461 g/mol. The molecule has 0 aromatic heterocycles. The number of carbonyl (C=O) groups is 7. The summed E-state index contributed by atoms with van der Waals surface area (Å²) in [6, 6.07) is -5.87. The molecule has 0 aromatic rings. The molecule has 4 amide bonds. The number of aliphatic carboxylic acids is 3. The molecule has 10 N–H and O–H groups in total. The number of hydrogen-bond donors (Lipinski definition) is 8. The lowest BCUT2D eigenvalue weighted by molar-refractivity contribution is -0.143. The van der Waals surface area contributed by atoms with Crippen LogP contribution in [0.3, 0.4) is 0 Å². The molecule has 180 valence electrons. The number of nitrogens with one attached hydrogen (secondary N) is 3. The highest BCUT2D eigenvalue weighted by Gasteiger charge is 2.31. The van der Waals surface area contributed by atoms with Crippen LogP contribution >= 0.6 is 0 Å². The van der Waals surface area contributed by atoms with Crippen molar-refractivity contribution in [3.05, 3.63) is 0 Å². The Labute approximate surface area is 181 Å². The van der Waals surface area contributed by atoms with Gasteiger partial charge in [0.15, 0.2) is 0 Å². The van der Waals surface area contributed by atoms with Crippen LogP contribution in [0.1, 0.15) is 39.0 Å². The molecule has 0 saturated heterocycles. The maximum atomic E-state index is 12.5. The van der Waals surface area contributed by atoms with Crippen LogP contribution in [-0.4, -0.2) is 81.0 Å². The van der Waals surface area contributed by atoms with Crippen molar-refractivity contribution in [3.63, 3.8) is 0 Å². The minimum Gasteiger partial charge on any atom is -0.481 e. The molecule has 0 heterocycles. The lowest BCUT2D eigenvalue weighted by Gasteiger charge is -2.23. The van der Waals surface area contributed by atoms with Crippen LogP contribution in [0.4, 0.5) is 0 Å². The SMILES string of the molecule is CC(NC(=O)C(CCC(=O)O)NC(=O)C(CC(=O)O)NC(=O)C(N)CCC(N)=O)C(=O)O. The largest absolute Gasteiger partial charge is 0.481 e. The summed E-state index contributed by atoms with van der Waals surface area (Å²) in [5.41, 5.74) is 10.5. The van der Waals surface area contributed by atoms with E-state index in [1.807, 2.05) is 0 Å². The molecule has 15 nitrogen and oxygen atoms in total. The third kappa shape index (κ3) is 11.4. The molecule has 15 heteroatoms. The predicted octanol–water partition coefficient (Wildman–Crippen LogP) is -3.52. The molecule has 0 aromatic carbocycles. The van der Waals surface area contributed by atoms with Gasteiger partial charge in [-0.15, -0.1) is 0 Å². The van der Waals surface area contributed by atoms with E-state index in [9.17, 15) is 33.6 Å². The quantitative estimate of drug-likeness (QED) is 0.118. The summed E-state index contributed by atoms with van der Waals surface area (Å²) < 4.78 is 0. The Morgan fingerprint density at radius 3 is 1.75 bits per heavy atom. The summed E-state index contributed by atoms with van der Waals surface area (Å²) in [7, 11) is 0. The third-order valence-electron chi connectivity index (χ3n) is 4.06. The molecular formula is C17H27N5O10. The van der Waals surface area contributed by atoms with Crippen molar-refractivity contribution in [1.82, 2.24) is 16.0 Å². The molecular weight excluding hydrogens is 434 g/mol. The Bertz CT molecular complexity index is 756. The van der Waals surface area contributed by atoms with Gasteiger partial charge in [-0.2, -0.15) is 0 Å². The molecule has 4 atom stereocenters. The van der Waals surface area contributed by atoms with Crippen LogP contribution in [-0.2, 0) is 33.6 Å². The molecule has 0 aliphatic heterocycles. The Kier molecular flexibility index (Phi) is 11.9. The number of nitrogens with two attached hydrogens (primary N) is 2. The van der Waals surface area contributed by atoms with Gasteiger partial charge in [0.25, 0.3) is 0 Å². The molecule has 0 saturated carbocycles. The number of carboxylic acid groups (broad SMARTS) is 3. The van der Waals surface area contributed by atoms with Crippen molar-refractivity contribution in [1.29, 1.82) is 0 Å². The van der Waals surface area contributed by atoms with Gasteiger partial charge in [0.05, 0.1) is 12.5 Å². The zero-order chi connectivity index (χ0) is 25.0. The molecule has 32 heavy (non-hydrogen) atoms. The number of carboxylic acids is 3. The Hall–Kier alpha value is -3.75. The maximum Gasteiger partial charge on any atom is 0.325 e. The molecule has 0 bridgehead atoms. The molecule has 0 fully saturated rings. The van der Waals surface area contributed by atoms with E-state index in [1.54, 1.807) is 0 Å². The molecule has 4 unspecified atom stereocenters. The molecule has 0 rings (SSSR count). The molecule has 0 radical (unpaired) electrons. The smallest absolute Gasteiger partial charge is 0.325 e. The maximum absolute atomic E-state index is 12.5. The number of carbonyl (C=O) groups excluding carboxylic acids is 4. The van der Waals surface area contributed by atoms with Gasteiger partial charge in [0.2, 0.25) is 23.6 Å². The van der Waals surface area contributed by atoms with Gasteiger partial charge >= 0.3 is 17.9 Å². The van der Waals surface area contributed by atoms with Crippen molar-refractivity contribution in [2.24, 2.45) is 11.5 Å². The van der Waals surface area contributed by atoms with Crippen LogP contribution in [0.25, 0.3) is 0 Å². The Morgan fingerprint density at radius 2 is 1.28 bits per heavy atom. The van der Waals surface area contributed by atoms with Crippen molar-refractivity contribution in [2.45, 2.75) is 63.2 Å². The topological polar surface area (TPSA) is 268 Å². The number of hydrogen-bond acceptors (Lipinski definition) is 8. The first kappa shape index (κ1) is 28.2. The normalized spacial score (nSPS) is 14.2. The summed E-state index contributed by atoms with van der Waals surface area (Å²) in [4.78, 5) is 80.6. The van der Waals surface area contributed by atoms with E-state index in [0.717, 1.165) is 6.92 Å². The van der Waals surface area contributed by atoms with Gasteiger partial charge in [0.1, 0.15) is 18.1 Å². The van der Waals surface area contributed by atoms with E-state index in [0.29, 0.717) is 0 Å². The summed E-state index contributed by atoms with van der Waals surface area (Å²) in [6.45, 7) is 1.14. The average Bonchev–Trinajstić information content (AvgIpc) is 2.67. The van der Waals surface area contributed by atoms with Crippen molar-refractivity contribution >= 4 is 41.5 Å². The van der Waals surface area contributed by atoms with Crippen molar-refractivity contribution < 1.29 is 48.9 Å². The first-order chi connectivity index (χ1) is 14.7. The zero-order valence-electron chi connectivity index (χ0n) is 17.2. The van der Waals surface area contributed by atoms with E-state index < -0.39 is 85.0 Å². The van der Waals surface area contributed by atoms with E-state index in [4.69, 9.17) is 26.8 Å². The van der Waals surface area contributed by atoms with Gasteiger partial charge in [-0.05, 0) is 19.8 Å². The highest BCUT2D eigenvalue weighted by atomic mass is 16.4. The van der Waals surface area contributed by atoms with Gasteiger partial charge in [-0.1, -0.05) is 0 Å². The Morgan fingerprint density at radius 1 is 0.750 bits per heavy atom. The van der Waals surface area contributed by atoms with Crippen LogP contribution in [0.5, 0.6) is 0 Å². The minimum absolute atomic E-state index is 0.167. The fraction of sp³-hybridized carbons (Fsp3) is 0.588. The highest BCUT2D eigenvalue weighted by Crippen LogP contribution is 2.03. The first-order valence-corrected chi connectivity index (χ1v) is 9.36. The van der Waals surface area contributed by atoms with Gasteiger partial charge in [-0.25, -0.2) is 0 Å². The number of amides is 4. The summed E-state index contributed by atoms with van der Waals surface area (Å²) in [5.74, 6) is -8.02. The minimum atomic E-state index is -1.70. The Balaban J connectivity index is 5.40. The molecule has 0 spiro atoms. The van der Waals surface area contributed by atoms with Crippen LogP contribution in [0.2, 0.25) is 0 Å². The van der Waals surface area contributed by atoms with E-state index in [1.165, 1.54) is 0 Å². The van der Waals surface area contributed by atoms with E-state index in [2.05, 4.69) is 16.0 Å². The van der Waals surface area contributed by atoms with Crippen LogP contribution in [0, 0.1) is 0 Å². The second-order valence-electron chi connectivity index (χ2n) is 6.83. The highest BCUT2D eigenvalue weighted by molar-refractivity contribution is 5.95. The second-order valence-corrected chi connectivity index (χ2v) is 6.83. The summed E-state index contributed by atoms with van der Waals surface area (Å²) in [5, 5.41) is 33.0. The monoisotopic (exact) mass is 461 g/mol. The van der Waals surface area contributed by atoms with Gasteiger partial charge in [-0.3, -0.25) is 33.6 Å². The first-order valence-electron chi connectivity index (χ1n) is 9.36. The van der Waals surface area contributed by atoms with E-state index in [-0.39, 0.29) is 12.8 Å². The van der Waals surface area contributed by atoms with Crippen LogP contribution in [0.15, 0.2) is 0 Å². The van der Waals surface area contributed by atoms with E-state index >= 15 is 0 Å². The fourth-order valence-electron chi connectivity index (χ4n) is 2.28. The number of primary amides is 1. The summed E-state index contributed by atoms with van der Waals surface area (Å²) >= 11 is 0. The number of rotatable bonds is 15. The fourth-order valence-corrected chi connectivity index (χ4v) is 2.28. The summed E-state index contributed by atoms with van der Waals surface area (Å²) in [6.07, 6.45) is -2.32. The third-order valence-corrected chi connectivity index (χ3v) is 4.06. The zero-order valence-corrected chi connectivity index (χ0v) is 17.2.